The molecule has 0 fully saturated rings. The highest BCUT2D eigenvalue weighted by molar-refractivity contribution is 5.94. The first kappa shape index (κ1) is 18.2. The lowest BCUT2D eigenvalue weighted by Gasteiger charge is -2.28. The second-order valence-electron chi connectivity index (χ2n) is 7.08. The van der Waals surface area contributed by atoms with Crippen molar-refractivity contribution in [1.82, 2.24) is 24.6 Å². The number of carbonyl (C=O) groups excluding carboxylic acids is 1. The third-order valence-corrected chi connectivity index (χ3v) is 4.98. The van der Waals surface area contributed by atoms with Crippen LogP contribution in [-0.2, 0) is 13.0 Å². The van der Waals surface area contributed by atoms with Crippen molar-refractivity contribution in [2.75, 3.05) is 13.7 Å². The number of benzene rings is 1. The minimum atomic E-state index is -0.546. The van der Waals surface area contributed by atoms with Gasteiger partial charge < -0.3 is 14.6 Å². The summed E-state index contributed by atoms with van der Waals surface area (Å²) in [4.78, 5) is 22.1. The molecular weight excluding hydrogens is 361 g/mol. The predicted octanol–water partition coefficient (Wildman–Crippen LogP) is 3.20. The molecule has 4 rings (SSSR count). The third kappa shape index (κ3) is 3.04. The van der Waals surface area contributed by atoms with Crippen LogP contribution in [0.2, 0.25) is 0 Å². The van der Waals surface area contributed by atoms with Gasteiger partial charge in [-0.15, -0.1) is 0 Å². The summed E-state index contributed by atoms with van der Waals surface area (Å²) in [5, 5.41) is 4.75. The molecule has 0 saturated carbocycles. The normalized spacial score (nSPS) is 13.7. The number of hydrogen-bond acceptors (Lipinski definition) is 4. The highest BCUT2D eigenvalue weighted by Gasteiger charge is 2.30. The first-order chi connectivity index (χ1) is 13.5. The SMILES string of the molecule is COc1ccc(C(=O)N2CCc3c(c(-c4ncc[nH]4)nn3C(C)C)C2)cc1F. The van der Waals surface area contributed by atoms with E-state index in [4.69, 9.17) is 9.84 Å². The summed E-state index contributed by atoms with van der Waals surface area (Å²) in [5.41, 5.74) is 3.16. The number of rotatable bonds is 4. The number of aromatic nitrogens is 4. The number of aromatic amines is 1. The largest absolute Gasteiger partial charge is 0.494 e. The molecule has 0 unspecified atom stereocenters. The van der Waals surface area contributed by atoms with E-state index in [-0.39, 0.29) is 17.7 Å². The molecule has 3 heterocycles. The number of carbonyl (C=O) groups is 1. The molecule has 3 aromatic rings. The molecular formula is C20H22FN5O2. The molecule has 28 heavy (non-hydrogen) atoms. The molecule has 1 aliphatic heterocycles. The first-order valence-corrected chi connectivity index (χ1v) is 9.22. The van der Waals surface area contributed by atoms with E-state index in [1.54, 1.807) is 23.4 Å². The van der Waals surface area contributed by atoms with Gasteiger partial charge in [-0.1, -0.05) is 0 Å². The van der Waals surface area contributed by atoms with Crippen LogP contribution in [0.4, 0.5) is 4.39 Å². The van der Waals surface area contributed by atoms with Crippen LogP contribution in [0.1, 0.15) is 41.5 Å². The lowest BCUT2D eigenvalue weighted by molar-refractivity contribution is 0.0732. The molecule has 1 aliphatic rings. The lowest BCUT2D eigenvalue weighted by Crippen LogP contribution is -2.36. The smallest absolute Gasteiger partial charge is 0.254 e. The van der Waals surface area contributed by atoms with Crippen molar-refractivity contribution in [2.45, 2.75) is 32.9 Å². The lowest BCUT2D eigenvalue weighted by atomic mass is 10.0. The minimum Gasteiger partial charge on any atom is -0.494 e. The van der Waals surface area contributed by atoms with Crippen molar-refractivity contribution >= 4 is 5.91 Å². The van der Waals surface area contributed by atoms with Crippen molar-refractivity contribution in [3.05, 3.63) is 53.2 Å². The van der Waals surface area contributed by atoms with Gasteiger partial charge in [0.25, 0.3) is 5.91 Å². The summed E-state index contributed by atoms with van der Waals surface area (Å²) >= 11 is 0. The van der Waals surface area contributed by atoms with Gasteiger partial charge in [-0.2, -0.15) is 5.10 Å². The van der Waals surface area contributed by atoms with E-state index in [9.17, 15) is 9.18 Å². The maximum absolute atomic E-state index is 14.0. The average Bonchev–Trinajstić information content (AvgIpc) is 3.34. The number of amides is 1. The van der Waals surface area contributed by atoms with Crippen molar-refractivity contribution in [3.63, 3.8) is 0 Å². The average molecular weight is 383 g/mol. The Morgan fingerprint density at radius 3 is 2.82 bits per heavy atom. The van der Waals surface area contributed by atoms with Crippen LogP contribution in [0.25, 0.3) is 11.5 Å². The summed E-state index contributed by atoms with van der Waals surface area (Å²) in [6, 6.07) is 4.49. The Labute approximate surface area is 162 Å². The fourth-order valence-corrected chi connectivity index (χ4v) is 3.61. The van der Waals surface area contributed by atoms with Crippen molar-refractivity contribution < 1.29 is 13.9 Å². The molecule has 7 nitrogen and oxygen atoms in total. The van der Waals surface area contributed by atoms with E-state index in [1.807, 2.05) is 4.68 Å². The van der Waals surface area contributed by atoms with Crippen molar-refractivity contribution in [3.8, 4) is 17.3 Å². The summed E-state index contributed by atoms with van der Waals surface area (Å²) in [6.07, 6.45) is 4.12. The number of nitrogens with zero attached hydrogens (tertiary/aromatic N) is 4. The molecule has 0 aliphatic carbocycles. The summed E-state index contributed by atoms with van der Waals surface area (Å²) in [6.45, 7) is 5.12. The zero-order valence-corrected chi connectivity index (χ0v) is 16.1. The van der Waals surface area contributed by atoms with E-state index in [0.29, 0.717) is 30.9 Å². The third-order valence-electron chi connectivity index (χ3n) is 4.98. The molecule has 0 bridgehead atoms. The van der Waals surface area contributed by atoms with Gasteiger partial charge in [0.1, 0.15) is 5.69 Å². The molecule has 146 valence electrons. The van der Waals surface area contributed by atoms with Gasteiger partial charge in [-0.3, -0.25) is 9.48 Å². The Kier molecular flexibility index (Phi) is 4.62. The highest BCUT2D eigenvalue weighted by Crippen LogP contribution is 2.31. The molecule has 1 amide bonds. The van der Waals surface area contributed by atoms with Crippen molar-refractivity contribution in [2.24, 2.45) is 0 Å². The van der Waals surface area contributed by atoms with E-state index in [1.165, 1.54) is 19.2 Å². The van der Waals surface area contributed by atoms with E-state index >= 15 is 0 Å². The Morgan fingerprint density at radius 1 is 1.36 bits per heavy atom. The molecule has 8 heteroatoms. The number of ether oxygens (including phenoxy) is 1. The molecule has 0 spiro atoms. The number of H-pyrrole nitrogens is 1. The monoisotopic (exact) mass is 383 g/mol. The maximum atomic E-state index is 14.0. The Hall–Kier alpha value is -3.16. The minimum absolute atomic E-state index is 0.121. The van der Waals surface area contributed by atoms with Crippen LogP contribution < -0.4 is 4.74 Å². The van der Waals surface area contributed by atoms with Gasteiger partial charge in [0.15, 0.2) is 17.4 Å². The van der Waals surface area contributed by atoms with Gasteiger partial charge >= 0.3 is 0 Å². The quantitative estimate of drug-likeness (QED) is 0.751. The first-order valence-electron chi connectivity index (χ1n) is 9.22. The fraction of sp³-hybridized carbons (Fsp3) is 0.350. The molecule has 2 aromatic heterocycles. The molecule has 1 N–H and O–H groups in total. The van der Waals surface area contributed by atoms with Crippen LogP contribution >= 0.6 is 0 Å². The van der Waals surface area contributed by atoms with Crippen molar-refractivity contribution in [1.29, 1.82) is 0 Å². The van der Waals surface area contributed by atoms with Crippen LogP contribution in [0.3, 0.4) is 0 Å². The Bertz CT molecular complexity index is 1010. The zero-order chi connectivity index (χ0) is 19.8. The number of methoxy groups -OCH3 is 1. The number of hydrogen-bond donors (Lipinski definition) is 1. The van der Waals surface area contributed by atoms with Gasteiger partial charge in [-0.05, 0) is 32.0 Å². The summed E-state index contributed by atoms with van der Waals surface area (Å²) in [7, 11) is 1.40. The Balaban J connectivity index is 1.67. The van der Waals surface area contributed by atoms with Gasteiger partial charge in [0.2, 0.25) is 0 Å². The summed E-state index contributed by atoms with van der Waals surface area (Å²) in [5.74, 6) is 0.0427. The molecule has 1 aromatic carbocycles. The van der Waals surface area contributed by atoms with Crippen LogP contribution in [0.15, 0.2) is 30.6 Å². The fourth-order valence-electron chi connectivity index (χ4n) is 3.61. The van der Waals surface area contributed by atoms with Crippen LogP contribution in [-0.4, -0.2) is 44.2 Å². The topological polar surface area (TPSA) is 76.0 Å². The standard InChI is InChI=1S/C20H22FN5O2/c1-12(2)26-16-6-9-25(11-14(16)18(24-26)19-22-7-8-23-19)20(27)13-4-5-17(28-3)15(21)10-13/h4-5,7-8,10,12H,6,9,11H2,1-3H3,(H,22,23). The van der Waals surface area contributed by atoms with Gasteiger partial charge in [0.05, 0.1) is 13.7 Å². The van der Waals surface area contributed by atoms with Crippen LogP contribution in [0.5, 0.6) is 5.75 Å². The second-order valence-corrected chi connectivity index (χ2v) is 7.08. The molecule has 0 radical (unpaired) electrons. The predicted molar refractivity (Wildman–Crippen MR) is 102 cm³/mol. The van der Waals surface area contributed by atoms with Crippen LogP contribution in [0, 0.1) is 5.82 Å². The molecule has 0 atom stereocenters. The van der Waals surface area contributed by atoms with E-state index < -0.39 is 5.82 Å². The zero-order valence-electron chi connectivity index (χ0n) is 16.1. The number of imidazole rings is 1. The second kappa shape index (κ2) is 7.10. The van der Waals surface area contributed by atoms with E-state index in [0.717, 1.165) is 17.0 Å². The number of nitrogens with one attached hydrogen (secondary N) is 1. The highest BCUT2D eigenvalue weighted by atomic mass is 19.1. The van der Waals surface area contributed by atoms with E-state index in [2.05, 4.69) is 23.8 Å². The Morgan fingerprint density at radius 2 is 2.18 bits per heavy atom. The summed E-state index contributed by atoms with van der Waals surface area (Å²) < 4.78 is 21.0. The molecule has 0 saturated heterocycles. The van der Waals surface area contributed by atoms with Gasteiger partial charge in [-0.25, -0.2) is 9.37 Å². The van der Waals surface area contributed by atoms with Gasteiger partial charge in [0, 0.05) is 48.2 Å². The number of fused-ring (bicyclic) bond motifs is 1. The number of halogens is 1. The maximum Gasteiger partial charge on any atom is 0.254 e.